The Morgan fingerprint density at radius 3 is 2.48 bits per heavy atom. The van der Waals surface area contributed by atoms with Crippen LogP contribution in [0.5, 0.6) is 0 Å². The first-order valence-electron chi connectivity index (χ1n) is 7.74. The number of aromatic nitrogens is 2. The third-order valence-electron chi connectivity index (χ3n) is 3.77. The van der Waals surface area contributed by atoms with Crippen LogP contribution in [0.15, 0.2) is 65.8 Å². The van der Waals surface area contributed by atoms with Crippen LogP contribution in [0.3, 0.4) is 0 Å². The normalized spacial score (nSPS) is 11.6. The molecule has 0 unspecified atom stereocenters. The van der Waals surface area contributed by atoms with Crippen LogP contribution in [-0.4, -0.2) is 35.7 Å². The van der Waals surface area contributed by atoms with E-state index in [1.54, 1.807) is 35.1 Å². The number of sulfone groups is 1. The summed E-state index contributed by atoms with van der Waals surface area (Å²) in [4.78, 5) is 0.249. The first-order chi connectivity index (χ1) is 12.0. The number of nitrogens with zero attached hydrogens (tertiary/aromatic N) is 2. The Morgan fingerprint density at radius 1 is 1.08 bits per heavy atom. The molecule has 0 atom stereocenters. The van der Waals surface area contributed by atoms with Crippen molar-refractivity contribution in [3.8, 4) is 16.8 Å². The van der Waals surface area contributed by atoms with E-state index >= 15 is 0 Å². The first kappa shape index (κ1) is 17.7. The Bertz CT molecular complexity index is 952. The molecule has 0 saturated heterocycles. The molecule has 1 aromatic heterocycles. The molecule has 130 valence electrons. The molecule has 2 aromatic carbocycles. The van der Waals surface area contributed by atoms with Gasteiger partial charge in [0.1, 0.15) is 0 Å². The van der Waals surface area contributed by atoms with Crippen LogP contribution in [0, 0.1) is 0 Å². The lowest BCUT2D eigenvalue weighted by Gasteiger charge is -2.09. The van der Waals surface area contributed by atoms with E-state index in [-0.39, 0.29) is 23.7 Å². The van der Waals surface area contributed by atoms with E-state index in [4.69, 9.17) is 16.7 Å². The molecule has 3 aromatic rings. The largest absolute Gasteiger partial charge is 0.396 e. The zero-order valence-corrected chi connectivity index (χ0v) is 14.9. The highest BCUT2D eigenvalue weighted by Gasteiger charge is 2.14. The molecule has 0 fully saturated rings. The highest BCUT2D eigenvalue weighted by molar-refractivity contribution is 7.91. The Balaban J connectivity index is 1.93. The quantitative estimate of drug-likeness (QED) is 0.716. The van der Waals surface area contributed by atoms with Crippen LogP contribution in [0.1, 0.15) is 6.42 Å². The molecule has 0 radical (unpaired) electrons. The minimum absolute atomic E-state index is 0.0660. The van der Waals surface area contributed by atoms with Crippen molar-refractivity contribution in [3.05, 3.63) is 65.9 Å². The average molecular weight is 377 g/mol. The van der Waals surface area contributed by atoms with Gasteiger partial charge in [-0.15, -0.1) is 0 Å². The maximum absolute atomic E-state index is 12.2. The van der Waals surface area contributed by atoms with Crippen molar-refractivity contribution in [2.75, 3.05) is 12.4 Å². The van der Waals surface area contributed by atoms with Gasteiger partial charge in [-0.3, -0.25) is 0 Å². The SMILES string of the molecule is O=S(=O)(CCCO)c1ccc(-c2cc(Cl)cc(-n3cccn3)c2)cc1. The zero-order chi connectivity index (χ0) is 17.9. The second-order valence-corrected chi connectivity index (χ2v) is 8.11. The Kier molecular flexibility index (Phi) is 5.22. The van der Waals surface area contributed by atoms with Gasteiger partial charge in [-0.25, -0.2) is 13.1 Å². The predicted molar refractivity (Wildman–Crippen MR) is 97.8 cm³/mol. The fraction of sp³-hybridized carbons (Fsp3) is 0.167. The maximum Gasteiger partial charge on any atom is 0.178 e. The Labute approximate surface area is 151 Å². The predicted octanol–water partition coefficient (Wildman–Crippen LogP) is 3.35. The van der Waals surface area contributed by atoms with Crippen molar-refractivity contribution in [2.45, 2.75) is 11.3 Å². The van der Waals surface area contributed by atoms with E-state index in [1.165, 1.54) is 0 Å². The summed E-state index contributed by atoms with van der Waals surface area (Å²) in [5, 5.41) is 13.6. The summed E-state index contributed by atoms with van der Waals surface area (Å²) in [5.74, 6) is -0.0660. The smallest absolute Gasteiger partial charge is 0.178 e. The molecular weight excluding hydrogens is 360 g/mol. The molecule has 1 N–H and O–H groups in total. The first-order valence-corrected chi connectivity index (χ1v) is 9.77. The lowest BCUT2D eigenvalue weighted by atomic mass is 10.1. The summed E-state index contributed by atoms with van der Waals surface area (Å²) in [6.07, 6.45) is 3.74. The van der Waals surface area contributed by atoms with Gasteiger partial charge in [0.2, 0.25) is 0 Å². The van der Waals surface area contributed by atoms with Gasteiger partial charge in [0.25, 0.3) is 0 Å². The van der Waals surface area contributed by atoms with Gasteiger partial charge in [-0.2, -0.15) is 5.10 Å². The molecule has 0 saturated carbocycles. The van der Waals surface area contributed by atoms with E-state index in [9.17, 15) is 8.42 Å². The van der Waals surface area contributed by atoms with E-state index in [1.807, 2.05) is 30.5 Å². The molecule has 0 aliphatic heterocycles. The van der Waals surface area contributed by atoms with Gasteiger partial charge in [-0.1, -0.05) is 23.7 Å². The van der Waals surface area contributed by atoms with Crippen LogP contribution in [-0.2, 0) is 9.84 Å². The number of hydrogen-bond donors (Lipinski definition) is 1. The van der Waals surface area contributed by atoms with Crippen molar-refractivity contribution >= 4 is 21.4 Å². The molecule has 0 aliphatic rings. The number of rotatable bonds is 6. The zero-order valence-electron chi connectivity index (χ0n) is 13.3. The summed E-state index contributed by atoms with van der Waals surface area (Å²) in [5.41, 5.74) is 2.56. The van der Waals surface area contributed by atoms with Crippen LogP contribution in [0.2, 0.25) is 5.02 Å². The standard InChI is InChI=1S/C18H17ClN2O3S/c19-16-11-15(12-17(13-16)21-8-1-7-20-21)14-3-5-18(6-4-14)25(23,24)10-2-9-22/h1,3-8,11-13,22H,2,9-10H2. The highest BCUT2D eigenvalue weighted by atomic mass is 35.5. The second kappa shape index (κ2) is 7.39. The summed E-state index contributed by atoms with van der Waals surface area (Å²) in [6.45, 7) is -0.143. The summed E-state index contributed by atoms with van der Waals surface area (Å²) in [7, 11) is -3.37. The third kappa shape index (κ3) is 4.10. The van der Waals surface area contributed by atoms with Gasteiger partial charge in [0, 0.05) is 24.0 Å². The number of halogens is 1. The van der Waals surface area contributed by atoms with Gasteiger partial charge < -0.3 is 5.11 Å². The van der Waals surface area contributed by atoms with Gasteiger partial charge in [0.15, 0.2) is 9.84 Å². The van der Waals surface area contributed by atoms with Gasteiger partial charge in [0.05, 0.1) is 16.3 Å². The fourth-order valence-corrected chi connectivity index (χ4v) is 4.05. The monoisotopic (exact) mass is 376 g/mol. The van der Waals surface area contributed by atoms with Crippen molar-refractivity contribution in [1.29, 1.82) is 0 Å². The number of hydrogen-bond acceptors (Lipinski definition) is 4. The van der Waals surface area contributed by atoms with Gasteiger partial charge >= 0.3 is 0 Å². The molecular formula is C18H17ClN2O3S. The van der Waals surface area contributed by atoms with E-state index in [0.29, 0.717) is 5.02 Å². The topological polar surface area (TPSA) is 72.2 Å². The average Bonchev–Trinajstić information content (AvgIpc) is 3.14. The summed E-state index contributed by atoms with van der Waals surface area (Å²) < 4.78 is 26.0. The molecule has 5 nitrogen and oxygen atoms in total. The molecule has 1 heterocycles. The summed E-state index contributed by atoms with van der Waals surface area (Å²) >= 11 is 6.22. The molecule has 25 heavy (non-hydrogen) atoms. The number of aliphatic hydroxyl groups is 1. The molecule has 0 amide bonds. The van der Waals surface area contributed by atoms with Crippen LogP contribution >= 0.6 is 11.6 Å². The highest BCUT2D eigenvalue weighted by Crippen LogP contribution is 2.27. The van der Waals surface area contributed by atoms with Crippen molar-refractivity contribution in [3.63, 3.8) is 0 Å². The molecule has 7 heteroatoms. The fourth-order valence-electron chi connectivity index (χ4n) is 2.52. The van der Waals surface area contributed by atoms with Crippen molar-refractivity contribution < 1.29 is 13.5 Å². The molecule has 0 spiro atoms. The van der Waals surface area contributed by atoms with Crippen LogP contribution in [0.25, 0.3) is 16.8 Å². The number of benzene rings is 2. The summed E-state index contributed by atoms with van der Waals surface area (Å²) in [6, 6.07) is 14.1. The second-order valence-electron chi connectivity index (χ2n) is 5.57. The van der Waals surface area contributed by atoms with Crippen LogP contribution < -0.4 is 0 Å². The van der Waals surface area contributed by atoms with Crippen LogP contribution in [0.4, 0.5) is 0 Å². The maximum atomic E-state index is 12.2. The molecule has 0 bridgehead atoms. The number of aliphatic hydroxyl groups excluding tert-OH is 1. The van der Waals surface area contributed by atoms with Crippen molar-refractivity contribution in [1.82, 2.24) is 9.78 Å². The Morgan fingerprint density at radius 2 is 1.84 bits per heavy atom. The minimum Gasteiger partial charge on any atom is -0.396 e. The Hall–Kier alpha value is -2.15. The molecule has 0 aliphatic carbocycles. The van der Waals surface area contributed by atoms with E-state index in [0.717, 1.165) is 16.8 Å². The van der Waals surface area contributed by atoms with Crippen molar-refractivity contribution in [2.24, 2.45) is 0 Å². The van der Waals surface area contributed by atoms with Gasteiger partial charge in [-0.05, 0) is 53.9 Å². The lowest BCUT2D eigenvalue weighted by Crippen LogP contribution is -2.08. The van der Waals surface area contributed by atoms with E-state index in [2.05, 4.69) is 5.10 Å². The third-order valence-corrected chi connectivity index (χ3v) is 5.80. The molecule has 3 rings (SSSR count). The minimum atomic E-state index is -3.37. The van der Waals surface area contributed by atoms with E-state index < -0.39 is 9.84 Å². The lowest BCUT2D eigenvalue weighted by molar-refractivity contribution is 0.295.